The Morgan fingerprint density at radius 2 is 1.12 bits per heavy atom. The second-order valence-corrected chi connectivity index (χ2v) is 26.6. The molecule has 29 heteroatoms. The van der Waals surface area contributed by atoms with Crippen LogP contribution in [0, 0.1) is 5.92 Å². The molecule has 1 atom stereocenters. The van der Waals surface area contributed by atoms with Gasteiger partial charge in [0.1, 0.15) is 17.1 Å². The number of carbonyl (C=O) groups is 6. The first-order valence-corrected chi connectivity index (χ1v) is 29.7. The zero-order valence-electron chi connectivity index (χ0n) is 48.5. The van der Waals surface area contributed by atoms with Gasteiger partial charge in [-0.15, -0.1) is 0 Å². The van der Waals surface area contributed by atoms with Crippen LogP contribution in [0.1, 0.15) is 109 Å². The summed E-state index contributed by atoms with van der Waals surface area (Å²) in [5.74, 6) is -1.59. The number of nitrogens with one attached hydrogen (secondary N) is 3. The lowest BCUT2D eigenvalue weighted by Crippen LogP contribution is -2.52. The lowest BCUT2D eigenvalue weighted by atomic mass is 9.90. The molecular formula is C55H72N20O8S. The van der Waals surface area contributed by atoms with Gasteiger partial charge in [0.25, 0.3) is 17.7 Å². The van der Waals surface area contributed by atoms with Crippen LogP contribution in [-0.4, -0.2) is 170 Å². The van der Waals surface area contributed by atoms with Crippen molar-refractivity contribution in [3.8, 4) is 33.8 Å². The fourth-order valence-electron chi connectivity index (χ4n) is 11.7. The van der Waals surface area contributed by atoms with Crippen molar-refractivity contribution in [3.05, 3.63) is 82.8 Å². The third-order valence-corrected chi connectivity index (χ3v) is 16.5. The van der Waals surface area contributed by atoms with Crippen molar-refractivity contribution in [2.75, 3.05) is 50.4 Å². The topological polar surface area (TPSA) is 361 Å². The molecule has 4 aliphatic heterocycles. The molecule has 10 rings (SSSR count). The highest BCUT2D eigenvalue weighted by atomic mass is 32.2. The summed E-state index contributed by atoms with van der Waals surface area (Å²) in [5.41, 5.74) is 20.8. The molecule has 6 aromatic rings. The minimum absolute atomic E-state index is 0.0137. The van der Waals surface area contributed by atoms with Gasteiger partial charge in [0, 0.05) is 91.9 Å². The molecule has 5 aromatic heterocycles. The first-order chi connectivity index (χ1) is 39.5. The van der Waals surface area contributed by atoms with E-state index in [1.807, 2.05) is 53.4 Å². The van der Waals surface area contributed by atoms with Gasteiger partial charge < -0.3 is 47.9 Å². The highest BCUT2D eigenvalue weighted by Crippen LogP contribution is 2.34. The molecule has 1 saturated heterocycles. The standard InChI is InChI=1S/C55H72N20O8S/c1-53(2,3)63-51(80)70-16-19-74-38(28-70)42(48(57)78)45(66-74)34-22-59-50(60-23-34)69-14-13-32(25-69)21-54(4,5)64-52(81)71-17-20-75-39(29-71)43(49(58)79)46(67-75)35-24-61-72(26-35)31-55(6,7)62-40(76)30-68-15-18-73-37(27-68)41(47(56)77)44(65-73)33-9-11-36(12-10-33)84(8,82)83/h9-12,22-24,26,32H,13-21,25,27-31H2,1-8H3,(H2,56,77)(H2,57,78)(H2,58,79)(H,62,76)(H,63,80)(H,64,81). The molecule has 0 radical (unpaired) electrons. The van der Waals surface area contributed by atoms with E-state index in [4.69, 9.17) is 27.4 Å². The number of rotatable bonds is 16. The van der Waals surface area contributed by atoms with Crippen LogP contribution in [0.15, 0.2) is 53.9 Å². The highest BCUT2D eigenvalue weighted by molar-refractivity contribution is 7.90. The van der Waals surface area contributed by atoms with Crippen molar-refractivity contribution in [2.45, 2.75) is 129 Å². The van der Waals surface area contributed by atoms with Crippen molar-refractivity contribution in [3.63, 3.8) is 0 Å². The number of urea groups is 2. The predicted molar refractivity (Wildman–Crippen MR) is 307 cm³/mol. The zero-order chi connectivity index (χ0) is 60.4. The Balaban J connectivity index is 0.722. The van der Waals surface area contributed by atoms with Gasteiger partial charge in [-0.2, -0.15) is 20.4 Å². The molecule has 1 unspecified atom stereocenters. The van der Waals surface area contributed by atoms with Crippen molar-refractivity contribution in [2.24, 2.45) is 23.1 Å². The maximum absolute atomic E-state index is 14.0. The first-order valence-electron chi connectivity index (χ1n) is 27.8. The van der Waals surface area contributed by atoms with E-state index in [0.717, 1.165) is 12.7 Å². The summed E-state index contributed by atoms with van der Waals surface area (Å²) in [6.45, 7) is 17.8. The summed E-state index contributed by atoms with van der Waals surface area (Å²) in [7, 11) is -3.43. The van der Waals surface area contributed by atoms with Gasteiger partial charge in [-0.25, -0.2) is 28.0 Å². The highest BCUT2D eigenvalue weighted by Gasteiger charge is 2.37. The Morgan fingerprint density at radius 1 is 0.607 bits per heavy atom. The summed E-state index contributed by atoms with van der Waals surface area (Å²) < 4.78 is 30.8. The summed E-state index contributed by atoms with van der Waals surface area (Å²) in [4.78, 5) is 96.2. The zero-order valence-corrected chi connectivity index (χ0v) is 49.3. The smallest absolute Gasteiger partial charge is 0.318 e. The molecule has 1 aromatic carbocycles. The molecule has 0 aliphatic carbocycles. The fraction of sp³-hybridized carbons (Fsp3) is 0.491. The number of benzene rings is 1. The molecule has 1 fully saturated rings. The number of hydrogen-bond donors (Lipinski definition) is 6. The number of sulfone groups is 1. The van der Waals surface area contributed by atoms with E-state index in [0.29, 0.717) is 116 Å². The molecule has 0 spiro atoms. The SMILES string of the molecule is CC(C)(C)NC(=O)N1CCn2nc(-c3cnc(N4CCC(CC(C)(C)NC(=O)N5CCn6nc(-c7cnn(CC(C)(C)NC(=O)CN8CCn9nc(-c%10ccc(S(C)(=O)=O)cc%10)c(C(N)=O)c9C8)c7)c(C(N)=O)c6C5)C4)nc3)c(C(N)=O)c2C1. The van der Waals surface area contributed by atoms with Crippen LogP contribution >= 0.6 is 0 Å². The van der Waals surface area contributed by atoms with Crippen LogP contribution in [0.3, 0.4) is 0 Å². The molecule has 0 bridgehead atoms. The van der Waals surface area contributed by atoms with E-state index in [1.54, 1.807) is 65.4 Å². The van der Waals surface area contributed by atoms with Gasteiger partial charge in [0.05, 0.1) is 96.2 Å². The Bertz CT molecular complexity index is 3700. The molecule has 4 aliphatic rings. The lowest BCUT2D eigenvalue weighted by Gasteiger charge is -2.34. The van der Waals surface area contributed by atoms with Gasteiger partial charge in [0.2, 0.25) is 11.9 Å². The normalized spacial score (nSPS) is 16.7. The molecule has 9 heterocycles. The average molecular weight is 1170 g/mol. The molecule has 8 amide bonds. The van der Waals surface area contributed by atoms with E-state index < -0.39 is 44.2 Å². The number of nitrogens with zero attached hydrogens (tertiary/aromatic N) is 14. The number of carbonyl (C=O) groups excluding carboxylic acids is 6. The average Bonchev–Trinajstić information content (AvgIpc) is 3.62. The van der Waals surface area contributed by atoms with Gasteiger partial charge in [-0.3, -0.25) is 42.8 Å². The number of hydrogen-bond acceptors (Lipinski definition) is 16. The number of amides is 8. The Labute approximate surface area is 485 Å². The Kier molecular flexibility index (Phi) is 15.4. The number of fused-ring (bicyclic) bond motifs is 3. The first kappa shape index (κ1) is 58.5. The molecular weight excluding hydrogens is 1100 g/mol. The van der Waals surface area contributed by atoms with E-state index >= 15 is 0 Å². The van der Waals surface area contributed by atoms with Crippen molar-refractivity contribution in [1.82, 2.24) is 79.7 Å². The van der Waals surface area contributed by atoms with E-state index in [9.17, 15) is 37.2 Å². The number of anilines is 1. The minimum Gasteiger partial charge on any atom is -0.365 e. The van der Waals surface area contributed by atoms with Crippen LogP contribution < -0.4 is 38.1 Å². The maximum Gasteiger partial charge on any atom is 0.318 e. The molecule has 84 heavy (non-hydrogen) atoms. The second-order valence-electron chi connectivity index (χ2n) is 24.6. The third kappa shape index (κ3) is 12.5. The second kappa shape index (κ2) is 22.1. The number of aromatic nitrogens is 10. The van der Waals surface area contributed by atoms with Crippen LogP contribution in [0.5, 0.6) is 0 Å². The van der Waals surface area contributed by atoms with Crippen LogP contribution in [0.25, 0.3) is 33.8 Å². The van der Waals surface area contributed by atoms with Crippen molar-refractivity contribution >= 4 is 51.5 Å². The summed E-state index contributed by atoms with van der Waals surface area (Å²) in [6.07, 6.45) is 9.20. The van der Waals surface area contributed by atoms with Crippen LogP contribution in [0.4, 0.5) is 15.5 Å². The Hall–Kier alpha value is -8.73. The third-order valence-electron chi connectivity index (χ3n) is 15.4. The predicted octanol–water partition coefficient (Wildman–Crippen LogP) is 1.92. The number of nitrogens with two attached hydrogens (primary N) is 3. The van der Waals surface area contributed by atoms with Crippen molar-refractivity contribution < 1.29 is 37.2 Å². The number of primary amides is 3. The van der Waals surface area contributed by atoms with Gasteiger partial charge in [-0.1, -0.05) is 12.1 Å². The molecule has 0 saturated carbocycles. The lowest BCUT2D eigenvalue weighted by molar-refractivity contribution is -0.124. The van der Waals surface area contributed by atoms with E-state index in [2.05, 4.69) is 41.0 Å². The van der Waals surface area contributed by atoms with E-state index in [1.165, 1.54) is 12.1 Å². The summed E-state index contributed by atoms with van der Waals surface area (Å²) in [5, 5.41) is 28.0. The monoisotopic (exact) mass is 1170 g/mol. The largest absolute Gasteiger partial charge is 0.365 e. The molecule has 9 N–H and O–H groups in total. The maximum atomic E-state index is 14.0. The van der Waals surface area contributed by atoms with Crippen molar-refractivity contribution in [1.29, 1.82) is 0 Å². The fourth-order valence-corrected chi connectivity index (χ4v) is 12.3. The van der Waals surface area contributed by atoms with Crippen LogP contribution in [-0.2, 0) is 60.4 Å². The van der Waals surface area contributed by atoms with Gasteiger partial charge in [-0.05, 0) is 79.4 Å². The summed E-state index contributed by atoms with van der Waals surface area (Å²) >= 11 is 0. The quantitative estimate of drug-likeness (QED) is 0.0806. The Morgan fingerprint density at radius 3 is 1.65 bits per heavy atom. The molecule has 28 nitrogen and oxygen atoms in total. The molecule has 446 valence electrons. The van der Waals surface area contributed by atoms with Gasteiger partial charge >= 0.3 is 12.1 Å². The summed E-state index contributed by atoms with van der Waals surface area (Å²) in [6, 6.07) is 5.56. The van der Waals surface area contributed by atoms with E-state index in [-0.39, 0.29) is 78.2 Å². The van der Waals surface area contributed by atoms with Gasteiger partial charge in [0.15, 0.2) is 9.84 Å². The van der Waals surface area contributed by atoms with Crippen LogP contribution in [0.2, 0.25) is 0 Å². The minimum atomic E-state index is -3.43.